The maximum absolute atomic E-state index is 2.56. The van der Waals surface area contributed by atoms with E-state index in [1.807, 2.05) is 0 Å². The molecule has 0 N–H and O–H groups in total. The molecule has 0 bridgehead atoms. The Balaban J connectivity index is 1.35. The van der Waals surface area contributed by atoms with Gasteiger partial charge >= 0.3 is 0 Å². The summed E-state index contributed by atoms with van der Waals surface area (Å²) in [5, 5.41) is 0. The molecule has 0 spiro atoms. The van der Waals surface area contributed by atoms with E-state index < -0.39 is 0 Å². The first kappa shape index (κ1) is 18.5. The monoisotopic (exact) mass is 358 g/mol. The van der Waals surface area contributed by atoms with E-state index in [2.05, 4.69) is 67.6 Å². The fourth-order valence-corrected chi connectivity index (χ4v) is 5.41. The molecule has 0 saturated heterocycles. The second-order valence-electron chi connectivity index (χ2n) is 8.78. The van der Waals surface area contributed by atoms with Gasteiger partial charge in [0.15, 0.2) is 0 Å². The molecular weight excluding hydrogens is 324 g/mol. The molecule has 0 heterocycles. The molecule has 1 saturated carbocycles. The van der Waals surface area contributed by atoms with E-state index in [4.69, 9.17) is 0 Å². The van der Waals surface area contributed by atoms with Crippen molar-refractivity contribution < 1.29 is 0 Å². The average molecular weight is 359 g/mol. The molecule has 0 aromatic heterocycles. The highest BCUT2D eigenvalue weighted by atomic mass is 14.3. The van der Waals surface area contributed by atoms with Crippen LogP contribution in [0.5, 0.6) is 0 Å². The topological polar surface area (TPSA) is 0 Å². The molecule has 2 aliphatic carbocycles. The minimum Gasteiger partial charge on any atom is -0.0804 e. The van der Waals surface area contributed by atoms with Crippen molar-refractivity contribution >= 4 is 5.57 Å². The third kappa shape index (κ3) is 4.54. The average Bonchev–Trinajstić information content (AvgIpc) is 2.75. The Labute approximate surface area is 165 Å². The summed E-state index contributed by atoms with van der Waals surface area (Å²) < 4.78 is 0. The Kier molecular flexibility index (Phi) is 6.12. The Bertz CT molecular complexity index is 729. The van der Waals surface area contributed by atoms with Crippen LogP contribution in [0.1, 0.15) is 70.3 Å². The van der Waals surface area contributed by atoms with Gasteiger partial charge in [0.2, 0.25) is 0 Å². The Hall–Kier alpha value is -1.82. The second kappa shape index (κ2) is 8.91. The van der Waals surface area contributed by atoms with Crippen molar-refractivity contribution in [1.82, 2.24) is 0 Å². The van der Waals surface area contributed by atoms with Crippen molar-refractivity contribution in [2.75, 3.05) is 0 Å². The fourth-order valence-electron chi connectivity index (χ4n) is 5.41. The lowest BCUT2D eigenvalue weighted by Crippen LogP contribution is -2.23. The summed E-state index contributed by atoms with van der Waals surface area (Å²) >= 11 is 0. The zero-order valence-electron chi connectivity index (χ0n) is 16.9. The highest BCUT2D eigenvalue weighted by molar-refractivity contribution is 5.70. The molecule has 0 radical (unpaired) electrons. The van der Waals surface area contributed by atoms with Crippen LogP contribution in [0.15, 0.2) is 60.7 Å². The molecule has 27 heavy (non-hydrogen) atoms. The van der Waals surface area contributed by atoms with Gasteiger partial charge in [0.1, 0.15) is 0 Å². The van der Waals surface area contributed by atoms with Gasteiger partial charge in [0.25, 0.3) is 0 Å². The summed E-state index contributed by atoms with van der Waals surface area (Å²) in [5.41, 5.74) is 5.63. The van der Waals surface area contributed by atoms with Crippen LogP contribution in [0.3, 0.4) is 0 Å². The molecule has 2 aliphatic rings. The third-order valence-electron chi connectivity index (χ3n) is 7.07. The van der Waals surface area contributed by atoms with E-state index >= 15 is 0 Å². The maximum atomic E-state index is 2.56. The van der Waals surface area contributed by atoms with Crippen molar-refractivity contribution in [2.24, 2.45) is 17.8 Å². The van der Waals surface area contributed by atoms with Crippen molar-refractivity contribution in [3.05, 3.63) is 66.2 Å². The van der Waals surface area contributed by atoms with E-state index in [1.54, 1.807) is 5.57 Å². The highest BCUT2D eigenvalue weighted by Gasteiger charge is 2.28. The summed E-state index contributed by atoms with van der Waals surface area (Å²) in [6.45, 7) is 2.34. The Morgan fingerprint density at radius 2 is 1.37 bits per heavy atom. The zero-order valence-corrected chi connectivity index (χ0v) is 16.9. The number of hydrogen-bond donors (Lipinski definition) is 0. The molecule has 0 aliphatic heterocycles. The largest absolute Gasteiger partial charge is 0.0804 e. The fraction of sp³-hybridized carbons (Fsp3) is 0.481. The minimum atomic E-state index is 0.944. The minimum absolute atomic E-state index is 0.944. The predicted molar refractivity (Wildman–Crippen MR) is 118 cm³/mol. The van der Waals surface area contributed by atoms with Gasteiger partial charge in [-0.05, 0) is 72.1 Å². The molecule has 1 fully saturated rings. The molecule has 1 unspecified atom stereocenters. The van der Waals surface area contributed by atoms with Crippen molar-refractivity contribution in [2.45, 2.75) is 64.7 Å². The summed E-state index contributed by atoms with van der Waals surface area (Å²) in [6, 6.07) is 19.9. The Morgan fingerprint density at radius 1 is 0.704 bits per heavy atom. The van der Waals surface area contributed by atoms with Gasteiger partial charge in [0, 0.05) is 0 Å². The van der Waals surface area contributed by atoms with Crippen molar-refractivity contribution in [3.63, 3.8) is 0 Å². The lowest BCUT2D eigenvalue weighted by molar-refractivity contribution is 0.189. The Morgan fingerprint density at radius 3 is 2.00 bits per heavy atom. The lowest BCUT2D eigenvalue weighted by atomic mass is 9.70. The number of rotatable bonds is 5. The summed E-state index contributed by atoms with van der Waals surface area (Å²) in [6.07, 6.45) is 15.3. The van der Waals surface area contributed by atoms with Gasteiger partial charge in [-0.2, -0.15) is 0 Å². The van der Waals surface area contributed by atoms with Crippen LogP contribution in [0, 0.1) is 17.8 Å². The van der Waals surface area contributed by atoms with Gasteiger partial charge in [-0.1, -0.05) is 93.3 Å². The first-order valence-electron chi connectivity index (χ1n) is 11.2. The first-order chi connectivity index (χ1) is 13.3. The van der Waals surface area contributed by atoms with Gasteiger partial charge < -0.3 is 0 Å². The number of allylic oxidation sites excluding steroid dienone is 2. The predicted octanol–water partition coefficient (Wildman–Crippen LogP) is 8.14. The van der Waals surface area contributed by atoms with Crippen LogP contribution in [-0.2, 0) is 0 Å². The van der Waals surface area contributed by atoms with E-state index in [-0.39, 0.29) is 0 Å². The van der Waals surface area contributed by atoms with Gasteiger partial charge in [-0.15, -0.1) is 0 Å². The van der Waals surface area contributed by atoms with Crippen molar-refractivity contribution in [3.8, 4) is 11.1 Å². The molecular formula is C27H34. The molecule has 1 atom stereocenters. The quantitative estimate of drug-likeness (QED) is 0.506. The molecule has 4 rings (SSSR count). The summed E-state index contributed by atoms with van der Waals surface area (Å²) in [7, 11) is 0. The molecule has 0 nitrogen and oxygen atoms in total. The van der Waals surface area contributed by atoms with Gasteiger partial charge in [-0.3, -0.25) is 0 Å². The second-order valence-corrected chi connectivity index (χ2v) is 8.78. The molecule has 2 aromatic carbocycles. The third-order valence-corrected chi connectivity index (χ3v) is 7.07. The van der Waals surface area contributed by atoms with E-state index in [1.165, 1.54) is 74.5 Å². The standard InChI is InChI=1S/C27H34/c1-2-6-21-9-11-23(12-10-21)25-17-19-27(20-18-25)26-15-13-24(14-16-26)22-7-4-3-5-8-22/h3-5,7-8,13-16,19,21,23,25H,2,6,9-12,17-18,20H2,1H3. The van der Waals surface area contributed by atoms with Gasteiger partial charge in [-0.25, -0.2) is 0 Å². The van der Waals surface area contributed by atoms with Crippen LogP contribution < -0.4 is 0 Å². The molecule has 0 heteroatoms. The lowest BCUT2D eigenvalue weighted by Gasteiger charge is -2.35. The van der Waals surface area contributed by atoms with Crippen LogP contribution >= 0.6 is 0 Å². The van der Waals surface area contributed by atoms with Crippen molar-refractivity contribution in [1.29, 1.82) is 0 Å². The molecule has 142 valence electrons. The first-order valence-corrected chi connectivity index (χ1v) is 11.2. The van der Waals surface area contributed by atoms with Crippen LogP contribution in [0.25, 0.3) is 16.7 Å². The van der Waals surface area contributed by atoms with E-state index in [0.29, 0.717) is 0 Å². The molecule has 2 aromatic rings. The van der Waals surface area contributed by atoms with E-state index in [9.17, 15) is 0 Å². The maximum Gasteiger partial charge on any atom is -0.0184 e. The smallest absolute Gasteiger partial charge is 0.0184 e. The number of benzene rings is 2. The summed E-state index contributed by atoms with van der Waals surface area (Å²) in [4.78, 5) is 0. The van der Waals surface area contributed by atoms with Gasteiger partial charge in [0.05, 0.1) is 0 Å². The van der Waals surface area contributed by atoms with Crippen LogP contribution in [0.2, 0.25) is 0 Å². The van der Waals surface area contributed by atoms with E-state index in [0.717, 1.165) is 17.8 Å². The van der Waals surface area contributed by atoms with Crippen LogP contribution in [-0.4, -0.2) is 0 Å². The van der Waals surface area contributed by atoms with Crippen LogP contribution in [0.4, 0.5) is 0 Å². The SMILES string of the molecule is CCCC1CCC(C2CC=C(c3ccc(-c4ccccc4)cc3)CC2)CC1. The summed E-state index contributed by atoms with van der Waals surface area (Å²) in [5.74, 6) is 2.97. The number of hydrogen-bond acceptors (Lipinski definition) is 0. The highest BCUT2D eigenvalue weighted by Crippen LogP contribution is 2.42. The zero-order chi connectivity index (χ0) is 18.5. The normalized spacial score (nSPS) is 25.8. The molecule has 0 amide bonds.